The van der Waals surface area contributed by atoms with Crippen molar-refractivity contribution >= 4 is 6.03 Å². The third kappa shape index (κ3) is 3.88. The molecule has 0 aromatic heterocycles. The average molecular weight is 310 g/mol. The lowest BCUT2D eigenvalue weighted by molar-refractivity contribution is -0.0872. The monoisotopic (exact) mass is 310 g/mol. The van der Waals surface area contributed by atoms with E-state index in [9.17, 15) is 9.18 Å². The third-order valence-electron chi connectivity index (χ3n) is 4.03. The molecule has 0 radical (unpaired) electrons. The molecule has 1 heterocycles. The van der Waals surface area contributed by atoms with Crippen LogP contribution in [0.1, 0.15) is 25.8 Å². The Morgan fingerprint density at radius 1 is 1.55 bits per heavy atom. The van der Waals surface area contributed by atoms with E-state index in [1.165, 1.54) is 13.2 Å². The predicted molar refractivity (Wildman–Crippen MR) is 81.4 cm³/mol. The SMILES string of the molecule is CC[C@]1(C)CN(C(=O)NCc2ccc(OC)c(F)c2)CCO1. The van der Waals surface area contributed by atoms with Crippen LogP contribution in [-0.2, 0) is 11.3 Å². The molecule has 1 atom stereocenters. The predicted octanol–water partition coefficient (Wildman–Crippen LogP) is 2.54. The van der Waals surface area contributed by atoms with Gasteiger partial charge in [0.2, 0.25) is 0 Å². The highest BCUT2D eigenvalue weighted by Gasteiger charge is 2.32. The van der Waals surface area contributed by atoms with Gasteiger partial charge in [0.1, 0.15) is 0 Å². The fourth-order valence-corrected chi connectivity index (χ4v) is 2.43. The van der Waals surface area contributed by atoms with Crippen LogP contribution < -0.4 is 10.1 Å². The van der Waals surface area contributed by atoms with E-state index in [0.717, 1.165) is 6.42 Å². The molecule has 1 N–H and O–H groups in total. The van der Waals surface area contributed by atoms with Crippen molar-refractivity contribution in [2.45, 2.75) is 32.4 Å². The highest BCUT2D eigenvalue weighted by Crippen LogP contribution is 2.21. The van der Waals surface area contributed by atoms with E-state index in [4.69, 9.17) is 9.47 Å². The third-order valence-corrected chi connectivity index (χ3v) is 4.03. The van der Waals surface area contributed by atoms with Gasteiger partial charge in [-0.05, 0) is 31.0 Å². The minimum atomic E-state index is -0.431. The number of carbonyl (C=O) groups excluding carboxylic acids is 1. The van der Waals surface area contributed by atoms with Gasteiger partial charge in [0.15, 0.2) is 11.6 Å². The summed E-state index contributed by atoms with van der Waals surface area (Å²) in [6, 6.07) is 4.51. The number of methoxy groups -OCH3 is 1. The molecule has 1 aromatic rings. The van der Waals surface area contributed by atoms with Crippen LogP contribution in [-0.4, -0.2) is 43.3 Å². The van der Waals surface area contributed by atoms with Crippen LogP contribution in [0.25, 0.3) is 0 Å². The second-order valence-electron chi connectivity index (χ2n) is 5.70. The molecule has 1 saturated heterocycles. The van der Waals surface area contributed by atoms with E-state index >= 15 is 0 Å². The van der Waals surface area contributed by atoms with Gasteiger partial charge in [0.25, 0.3) is 0 Å². The van der Waals surface area contributed by atoms with Crippen LogP contribution in [0.5, 0.6) is 5.75 Å². The second kappa shape index (κ2) is 6.96. The van der Waals surface area contributed by atoms with Gasteiger partial charge in [0, 0.05) is 13.1 Å². The van der Waals surface area contributed by atoms with Gasteiger partial charge in [-0.3, -0.25) is 0 Å². The van der Waals surface area contributed by atoms with Gasteiger partial charge in [-0.15, -0.1) is 0 Å². The molecule has 1 aromatic carbocycles. The molecule has 0 aliphatic carbocycles. The van der Waals surface area contributed by atoms with E-state index in [0.29, 0.717) is 25.3 Å². The van der Waals surface area contributed by atoms with E-state index in [2.05, 4.69) is 5.32 Å². The molecule has 2 amide bonds. The normalized spacial score (nSPS) is 21.5. The zero-order valence-corrected chi connectivity index (χ0v) is 13.3. The van der Waals surface area contributed by atoms with Crippen molar-refractivity contribution in [1.29, 1.82) is 0 Å². The second-order valence-corrected chi connectivity index (χ2v) is 5.70. The van der Waals surface area contributed by atoms with Gasteiger partial charge in [0.05, 0.1) is 25.9 Å². The standard InChI is InChI=1S/C16H23FN2O3/c1-4-16(2)11-19(7-8-22-16)15(20)18-10-12-5-6-14(21-3)13(17)9-12/h5-6,9H,4,7-8,10-11H2,1-3H3,(H,18,20)/t16-/m1/s1. The summed E-state index contributed by atoms with van der Waals surface area (Å²) in [5.74, 6) is -0.235. The fraction of sp³-hybridized carbons (Fsp3) is 0.562. The number of benzene rings is 1. The van der Waals surface area contributed by atoms with Crippen molar-refractivity contribution in [2.75, 3.05) is 26.8 Å². The Labute approximate surface area is 130 Å². The van der Waals surface area contributed by atoms with Gasteiger partial charge >= 0.3 is 6.03 Å². The first-order valence-electron chi connectivity index (χ1n) is 7.46. The Morgan fingerprint density at radius 3 is 2.95 bits per heavy atom. The lowest BCUT2D eigenvalue weighted by Crippen LogP contribution is -2.54. The zero-order valence-electron chi connectivity index (χ0n) is 13.3. The Kier molecular flexibility index (Phi) is 5.24. The number of urea groups is 1. The summed E-state index contributed by atoms with van der Waals surface area (Å²) in [5.41, 5.74) is 0.403. The average Bonchev–Trinajstić information content (AvgIpc) is 2.52. The van der Waals surface area contributed by atoms with Crippen LogP contribution in [0, 0.1) is 5.82 Å². The van der Waals surface area contributed by atoms with Gasteiger partial charge in [-0.2, -0.15) is 0 Å². The number of morpholine rings is 1. The number of amides is 2. The zero-order chi connectivity index (χ0) is 16.2. The Hall–Kier alpha value is -1.82. The molecule has 1 aliphatic rings. The van der Waals surface area contributed by atoms with E-state index < -0.39 is 5.82 Å². The molecule has 0 unspecified atom stereocenters. The highest BCUT2D eigenvalue weighted by atomic mass is 19.1. The summed E-state index contributed by atoms with van der Waals surface area (Å²) in [5, 5.41) is 2.82. The van der Waals surface area contributed by atoms with Gasteiger partial charge < -0.3 is 19.7 Å². The fourth-order valence-electron chi connectivity index (χ4n) is 2.43. The Bertz CT molecular complexity index is 538. The van der Waals surface area contributed by atoms with E-state index in [-0.39, 0.29) is 23.9 Å². The summed E-state index contributed by atoms with van der Waals surface area (Å²) in [6.45, 7) is 5.99. The summed E-state index contributed by atoms with van der Waals surface area (Å²) in [7, 11) is 1.42. The Morgan fingerprint density at radius 2 is 2.32 bits per heavy atom. The molecular formula is C16H23FN2O3. The van der Waals surface area contributed by atoms with Gasteiger partial charge in [-0.25, -0.2) is 9.18 Å². The number of ether oxygens (including phenoxy) is 2. The van der Waals surface area contributed by atoms with Crippen LogP contribution in [0.15, 0.2) is 18.2 Å². The summed E-state index contributed by atoms with van der Waals surface area (Å²) in [4.78, 5) is 14.0. The molecule has 22 heavy (non-hydrogen) atoms. The molecule has 2 rings (SSSR count). The van der Waals surface area contributed by atoms with Crippen LogP contribution in [0.3, 0.4) is 0 Å². The number of rotatable bonds is 4. The minimum Gasteiger partial charge on any atom is -0.494 e. The molecule has 1 fully saturated rings. The maximum absolute atomic E-state index is 13.6. The smallest absolute Gasteiger partial charge is 0.317 e. The number of nitrogens with one attached hydrogen (secondary N) is 1. The number of hydrogen-bond donors (Lipinski definition) is 1. The molecule has 0 spiro atoms. The first-order chi connectivity index (χ1) is 10.5. The largest absolute Gasteiger partial charge is 0.494 e. The summed E-state index contributed by atoms with van der Waals surface area (Å²) in [6.07, 6.45) is 0.848. The number of halogens is 1. The van der Waals surface area contributed by atoms with Crippen molar-refractivity contribution in [3.05, 3.63) is 29.6 Å². The molecular weight excluding hydrogens is 287 g/mol. The molecule has 1 aliphatic heterocycles. The Balaban J connectivity index is 1.91. The number of nitrogens with zero attached hydrogens (tertiary/aromatic N) is 1. The van der Waals surface area contributed by atoms with Crippen molar-refractivity contribution in [1.82, 2.24) is 10.2 Å². The number of carbonyl (C=O) groups is 1. The van der Waals surface area contributed by atoms with E-state index in [1.54, 1.807) is 17.0 Å². The first kappa shape index (κ1) is 16.5. The van der Waals surface area contributed by atoms with Crippen molar-refractivity contribution < 1.29 is 18.7 Å². The molecule has 122 valence electrons. The van der Waals surface area contributed by atoms with Gasteiger partial charge in [-0.1, -0.05) is 13.0 Å². The van der Waals surface area contributed by atoms with Crippen molar-refractivity contribution in [3.63, 3.8) is 0 Å². The molecule has 0 bridgehead atoms. The lowest BCUT2D eigenvalue weighted by Gasteiger charge is -2.39. The van der Waals surface area contributed by atoms with Crippen molar-refractivity contribution in [2.24, 2.45) is 0 Å². The minimum absolute atomic E-state index is 0.154. The molecule has 6 heteroatoms. The highest BCUT2D eigenvalue weighted by molar-refractivity contribution is 5.74. The number of hydrogen-bond acceptors (Lipinski definition) is 3. The molecule has 5 nitrogen and oxygen atoms in total. The maximum Gasteiger partial charge on any atom is 0.317 e. The van der Waals surface area contributed by atoms with Crippen molar-refractivity contribution in [3.8, 4) is 5.75 Å². The quantitative estimate of drug-likeness (QED) is 0.930. The van der Waals surface area contributed by atoms with E-state index in [1.807, 2.05) is 13.8 Å². The van der Waals surface area contributed by atoms with Crippen LogP contribution in [0.4, 0.5) is 9.18 Å². The summed E-state index contributed by atoms with van der Waals surface area (Å²) < 4.78 is 24.2. The molecule has 0 saturated carbocycles. The summed E-state index contributed by atoms with van der Waals surface area (Å²) >= 11 is 0. The first-order valence-corrected chi connectivity index (χ1v) is 7.46. The van der Waals surface area contributed by atoms with Crippen LogP contribution >= 0.6 is 0 Å². The lowest BCUT2D eigenvalue weighted by atomic mass is 10.0. The van der Waals surface area contributed by atoms with Crippen LogP contribution in [0.2, 0.25) is 0 Å². The maximum atomic E-state index is 13.6. The topological polar surface area (TPSA) is 50.8 Å².